The molecule has 0 atom stereocenters. The minimum atomic E-state index is -0.521. The van der Waals surface area contributed by atoms with Crippen LogP contribution in [-0.2, 0) is 0 Å². The number of carbonyl (C=O) groups is 1. The number of nitrogens with one attached hydrogen (secondary N) is 1. The van der Waals surface area contributed by atoms with Crippen LogP contribution in [0.3, 0.4) is 0 Å². The molecule has 1 aromatic heterocycles. The van der Waals surface area contributed by atoms with Gasteiger partial charge in [0.25, 0.3) is 5.91 Å². The summed E-state index contributed by atoms with van der Waals surface area (Å²) >= 11 is 0. The molecule has 0 radical (unpaired) electrons. The van der Waals surface area contributed by atoms with Gasteiger partial charge < -0.3 is 9.15 Å². The number of fused-ring (bicyclic) bond motifs is 1. The van der Waals surface area contributed by atoms with E-state index >= 15 is 0 Å². The molecule has 1 N–H and O–H groups in total. The molecule has 5 nitrogen and oxygen atoms in total. The highest BCUT2D eigenvalue weighted by Gasteiger charge is 2.19. The van der Waals surface area contributed by atoms with Crippen molar-refractivity contribution in [3.05, 3.63) is 94.4 Å². The van der Waals surface area contributed by atoms with Gasteiger partial charge in [0.15, 0.2) is 0 Å². The van der Waals surface area contributed by atoms with Crippen LogP contribution in [0.1, 0.15) is 10.4 Å². The molecular weight excluding hydrogens is 373 g/mol. The standard InChI is InChI=1S/C23H16FNO4/c1-28-17-6-4-5-15(13-17)20-21(26)18-7-2-3-8-19(18)29-23(20)25-22(27)14-9-11-16(24)12-10-14/h2-13H,1H3,(H,25,27). The van der Waals surface area contributed by atoms with E-state index in [0.29, 0.717) is 22.3 Å². The lowest BCUT2D eigenvalue weighted by atomic mass is 10.0. The summed E-state index contributed by atoms with van der Waals surface area (Å²) in [4.78, 5) is 25.9. The molecule has 4 aromatic rings. The molecule has 4 rings (SSSR count). The summed E-state index contributed by atoms with van der Waals surface area (Å²) in [5, 5.41) is 3.04. The Hall–Kier alpha value is -3.93. The van der Waals surface area contributed by atoms with E-state index in [4.69, 9.17) is 9.15 Å². The number of halogens is 1. The maximum atomic E-state index is 13.2. The Morgan fingerprint density at radius 2 is 1.76 bits per heavy atom. The van der Waals surface area contributed by atoms with Gasteiger partial charge in [0.1, 0.15) is 17.1 Å². The molecule has 0 spiro atoms. The van der Waals surface area contributed by atoms with Crippen molar-refractivity contribution in [1.82, 2.24) is 0 Å². The molecule has 0 saturated carbocycles. The molecular formula is C23H16FNO4. The number of hydrogen-bond donors (Lipinski definition) is 1. The minimum absolute atomic E-state index is 0.0104. The lowest BCUT2D eigenvalue weighted by molar-refractivity contribution is 0.102. The van der Waals surface area contributed by atoms with E-state index in [2.05, 4.69) is 5.32 Å². The van der Waals surface area contributed by atoms with Crippen LogP contribution in [0.15, 0.2) is 82.0 Å². The molecule has 6 heteroatoms. The van der Waals surface area contributed by atoms with E-state index in [0.717, 1.165) is 0 Å². The number of benzene rings is 3. The molecule has 0 aliphatic carbocycles. The van der Waals surface area contributed by atoms with Crippen molar-refractivity contribution in [2.75, 3.05) is 12.4 Å². The Balaban J connectivity index is 1.88. The molecule has 0 unspecified atom stereocenters. The number of methoxy groups -OCH3 is 1. The van der Waals surface area contributed by atoms with E-state index in [9.17, 15) is 14.0 Å². The first-order valence-electron chi connectivity index (χ1n) is 8.84. The van der Waals surface area contributed by atoms with E-state index in [1.165, 1.54) is 31.4 Å². The quantitative estimate of drug-likeness (QED) is 0.541. The first kappa shape index (κ1) is 18.4. The zero-order chi connectivity index (χ0) is 20.4. The number of amides is 1. The van der Waals surface area contributed by atoms with E-state index < -0.39 is 11.7 Å². The van der Waals surface area contributed by atoms with Crippen LogP contribution >= 0.6 is 0 Å². The number of anilines is 1. The summed E-state index contributed by atoms with van der Waals surface area (Å²) < 4.78 is 24.3. The molecule has 0 aliphatic heterocycles. The molecule has 29 heavy (non-hydrogen) atoms. The fourth-order valence-corrected chi connectivity index (χ4v) is 3.05. The van der Waals surface area contributed by atoms with Gasteiger partial charge in [-0.15, -0.1) is 0 Å². The molecule has 0 bridgehead atoms. The molecule has 0 saturated heterocycles. The summed E-state index contributed by atoms with van der Waals surface area (Å²) in [6.07, 6.45) is 0. The van der Waals surface area contributed by atoms with Crippen LogP contribution in [0.2, 0.25) is 0 Å². The largest absolute Gasteiger partial charge is 0.497 e. The molecule has 0 aliphatic rings. The molecule has 1 amide bonds. The Morgan fingerprint density at radius 3 is 2.52 bits per heavy atom. The van der Waals surface area contributed by atoms with Crippen molar-refractivity contribution in [2.24, 2.45) is 0 Å². The predicted molar refractivity (Wildman–Crippen MR) is 109 cm³/mol. The van der Waals surface area contributed by atoms with Gasteiger partial charge in [-0.3, -0.25) is 14.9 Å². The third-order valence-corrected chi connectivity index (χ3v) is 4.49. The van der Waals surface area contributed by atoms with Gasteiger partial charge >= 0.3 is 0 Å². The third-order valence-electron chi connectivity index (χ3n) is 4.49. The number of para-hydroxylation sites is 1. The fourth-order valence-electron chi connectivity index (χ4n) is 3.05. The highest BCUT2D eigenvalue weighted by Crippen LogP contribution is 2.31. The van der Waals surface area contributed by atoms with E-state index in [-0.39, 0.29) is 22.4 Å². The maximum absolute atomic E-state index is 13.2. The lowest BCUT2D eigenvalue weighted by Crippen LogP contribution is -2.16. The van der Waals surface area contributed by atoms with Gasteiger partial charge in [-0.25, -0.2) is 4.39 Å². The summed E-state index contributed by atoms with van der Waals surface area (Å²) in [6, 6.07) is 18.8. The number of carbonyl (C=O) groups excluding carboxylic acids is 1. The smallest absolute Gasteiger partial charge is 0.257 e. The number of ether oxygens (including phenoxy) is 1. The average Bonchev–Trinajstić information content (AvgIpc) is 2.74. The zero-order valence-corrected chi connectivity index (χ0v) is 15.4. The van der Waals surface area contributed by atoms with Crippen LogP contribution in [0.25, 0.3) is 22.1 Å². The zero-order valence-electron chi connectivity index (χ0n) is 15.4. The summed E-state index contributed by atoms with van der Waals surface area (Å²) in [7, 11) is 1.53. The first-order valence-corrected chi connectivity index (χ1v) is 8.84. The van der Waals surface area contributed by atoms with Crippen LogP contribution in [-0.4, -0.2) is 13.0 Å². The molecule has 1 heterocycles. The van der Waals surface area contributed by atoms with Crippen LogP contribution < -0.4 is 15.5 Å². The van der Waals surface area contributed by atoms with Gasteiger partial charge in [0, 0.05) is 5.56 Å². The van der Waals surface area contributed by atoms with Gasteiger partial charge in [0.2, 0.25) is 11.3 Å². The topological polar surface area (TPSA) is 68.5 Å². The van der Waals surface area contributed by atoms with Crippen molar-refractivity contribution >= 4 is 22.8 Å². The SMILES string of the molecule is COc1cccc(-c2c(NC(=O)c3ccc(F)cc3)oc3ccccc3c2=O)c1. The van der Waals surface area contributed by atoms with Crippen molar-refractivity contribution in [2.45, 2.75) is 0 Å². The summed E-state index contributed by atoms with van der Waals surface area (Å²) in [5.74, 6) is -0.398. The molecule has 0 fully saturated rings. The number of rotatable bonds is 4. The van der Waals surface area contributed by atoms with Crippen LogP contribution in [0.5, 0.6) is 5.75 Å². The highest BCUT2D eigenvalue weighted by atomic mass is 19.1. The Morgan fingerprint density at radius 1 is 1.00 bits per heavy atom. The van der Waals surface area contributed by atoms with Crippen molar-refractivity contribution in [3.63, 3.8) is 0 Å². The number of hydrogen-bond acceptors (Lipinski definition) is 4. The third kappa shape index (κ3) is 3.60. The van der Waals surface area contributed by atoms with E-state index in [1.54, 1.807) is 48.5 Å². The van der Waals surface area contributed by atoms with Crippen molar-refractivity contribution in [3.8, 4) is 16.9 Å². The van der Waals surface area contributed by atoms with Gasteiger partial charge in [-0.2, -0.15) is 0 Å². The highest BCUT2D eigenvalue weighted by molar-refractivity contribution is 6.06. The monoisotopic (exact) mass is 389 g/mol. The normalized spacial score (nSPS) is 10.7. The van der Waals surface area contributed by atoms with E-state index in [1.807, 2.05) is 0 Å². The second-order valence-electron chi connectivity index (χ2n) is 6.32. The second kappa shape index (κ2) is 7.59. The first-order chi connectivity index (χ1) is 14.1. The van der Waals surface area contributed by atoms with Crippen molar-refractivity contribution in [1.29, 1.82) is 0 Å². The van der Waals surface area contributed by atoms with Gasteiger partial charge in [0.05, 0.1) is 18.1 Å². The Labute approximate surface area is 165 Å². The average molecular weight is 389 g/mol. The summed E-state index contributed by atoms with van der Waals surface area (Å²) in [6.45, 7) is 0. The molecule has 3 aromatic carbocycles. The van der Waals surface area contributed by atoms with Crippen molar-refractivity contribution < 1.29 is 18.3 Å². The second-order valence-corrected chi connectivity index (χ2v) is 6.32. The fraction of sp³-hybridized carbons (Fsp3) is 0.0435. The minimum Gasteiger partial charge on any atom is -0.497 e. The van der Waals surface area contributed by atoms with Crippen LogP contribution in [0, 0.1) is 5.82 Å². The lowest BCUT2D eigenvalue weighted by Gasteiger charge is -2.12. The maximum Gasteiger partial charge on any atom is 0.257 e. The summed E-state index contributed by atoms with van der Waals surface area (Å²) in [5.41, 5.74) is 1.04. The predicted octanol–water partition coefficient (Wildman–Crippen LogP) is 4.86. The Kier molecular flexibility index (Phi) is 4.83. The van der Waals surface area contributed by atoms with Gasteiger partial charge in [-0.05, 0) is 54.1 Å². The van der Waals surface area contributed by atoms with Gasteiger partial charge in [-0.1, -0.05) is 24.3 Å². The molecule has 144 valence electrons. The van der Waals surface area contributed by atoms with Crippen LogP contribution in [0.4, 0.5) is 10.3 Å². The Bertz CT molecular complexity index is 1260.